The zero-order valence-corrected chi connectivity index (χ0v) is 7.77. The minimum absolute atomic E-state index is 0.549. The van der Waals surface area contributed by atoms with Gasteiger partial charge in [-0.1, -0.05) is 0 Å². The van der Waals surface area contributed by atoms with Crippen LogP contribution in [-0.4, -0.2) is 20.6 Å². The van der Waals surface area contributed by atoms with Crippen LogP contribution in [-0.2, 0) is 10.3 Å². The van der Waals surface area contributed by atoms with Crippen molar-refractivity contribution in [3.63, 3.8) is 0 Å². The number of nitrogens with zero attached hydrogens (tertiary/aromatic N) is 1. The lowest BCUT2D eigenvalue weighted by atomic mass is 10.1. The zero-order valence-electron chi connectivity index (χ0n) is 7.77. The van der Waals surface area contributed by atoms with Crippen LogP contribution in [0.3, 0.4) is 0 Å². The number of nitrogens with one attached hydrogen (secondary N) is 1. The van der Waals surface area contributed by atoms with E-state index >= 15 is 0 Å². The summed E-state index contributed by atoms with van der Waals surface area (Å²) >= 11 is 0. The molecule has 2 N–H and O–H groups in total. The molecule has 1 heterocycles. The molecule has 0 aliphatic heterocycles. The van der Waals surface area contributed by atoms with Crippen LogP contribution in [0.2, 0.25) is 0 Å². The summed E-state index contributed by atoms with van der Waals surface area (Å²) in [6, 6.07) is 1.10. The molecule has 6 nitrogen and oxygen atoms in total. The van der Waals surface area contributed by atoms with Crippen LogP contribution in [0.1, 0.15) is 13.8 Å². The van der Waals surface area contributed by atoms with Crippen LogP contribution in [0.15, 0.2) is 21.9 Å². The van der Waals surface area contributed by atoms with Gasteiger partial charge in [-0.2, -0.15) is 0 Å². The van der Waals surface area contributed by atoms with Crippen molar-refractivity contribution >= 4 is 5.97 Å². The van der Waals surface area contributed by atoms with Gasteiger partial charge in [0.2, 0.25) is 0 Å². The molecule has 0 saturated carbocycles. The van der Waals surface area contributed by atoms with Gasteiger partial charge in [-0.05, 0) is 13.8 Å². The molecule has 1 aromatic rings. The average Bonchev–Trinajstić information content (AvgIpc) is 2.02. The number of aromatic nitrogens is 2. The molecule has 0 amide bonds. The maximum atomic E-state index is 11.2. The van der Waals surface area contributed by atoms with Crippen molar-refractivity contribution in [1.29, 1.82) is 0 Å². The smallest absolute Gasteiger partial charge is 0.329 e. The first-order valence-electron chi connectivity index (χ1n) is 3.91. The molecule has 1 aromatic heterocycles. The molecule has 6 heteroatoms. The molecule has 76 valence electrons. The number of aliphatic carboxylic acids is 1. The summed E-state index contributed by atoms with van der Waals surface area (Å²) in [6.45, 7) is 2.74. The fraction of sp³-hybridized carbons (Fsp3) is 0.375. The van der Waals surface area contributed by atoms with Gasteiger partial charge < -0.3 is 5.11 Å². The highest BCUT2D eigenvalue weighted by Crippen LogP contribution is 2.10. The molecule has 1 rings (SSSR count). The molecule has 0 aromatic carbocycles. The first kappa shape index (κ1) is 10.2. The Bertz CT molecular complexity index is 469. The number of carbonyl (C=O) groups is 1. The van der Waals surface area contributed by atoms with Crippen molar-refractivity contribution < 1.29 is 9.90 Å². The highest BCUT2D eigenvalue weighted by molar-refractivity contribution is 5.75. The number of hydrogen-bond acceptors (Lipinski definition) is 3. The summed E-state index contributed by atoms with van der Waals surface area (Å²) in [7, 11) is 0. The van der Waals surface area contributed by atoms with Gasteiger partial charge in [-0.3, -0.25) is 14.3 Å². The Hall–Kier alpha value is -1.85. The van der Waals surface area contributed by atoms with Crippen LogP contribution in [0.25, 0.3) is 0 Å². The number of carboxylic acids is 1. The predicted molar refractivity (Wildman–Crippen MR) is 48.3 cm³/mol. The van der Waals surface area contributed by atoms with Crippen LogP contribution in [0, 0.1) is 0 Å². The summed E-state index contributed by atoms with van der Waals surface area (Å²) in [5.74, 6) is -1.15. The SMILES string of the molecule is CC(C)(C(=O)O)n1ccc(=O)[nH]c1=O. The first-order valence-corrected chi connectivity index (χ1v) is 3.91. The number of rotatable bonds is 2. The van der Waals surface area contributed by atoms with E-state index in [2.05, 4.69) is 0 Å². The molecular formula is C8H10N2O4. The van der Waals surface area contributed by atoms with E-state index in [1.807, 2.05) is 4.98 Å². The summed E-state index contributed by atoms with van der Waals surface area (Å²) in [6.07, 6.45) is 1.16. The van der Waals surface area contributed by atoms with Gasteiger partial charge in [0.1, 0.15) is 5.54 Å². The zero-order chi connectivity index (χ0) is 10.9. The number of aromatic amines is 1. The van der Waals surface area contributed by atoms with Crippen molar-refractivity contribution in [1.82, 2.24) is 9.55 Å². The van der Waals surface area contributed by atoms with Crippen LogP contribution in [0.5, 0.6) is 0 Å². The average molecular weight is 198 g/mol. The molecule has 0 bridgehead atoms. The lowest BCUT2D eigenvalue weighted by molar-refractivity contribution is -0.145. The molecule has 0 saturated heterocycles. The molecule has 0 spiro atoms. The molecular weight excluding hydrogens is 188 g/mol. The summed E-state index contributed by atoms with van der Waals surface area (Å²) < 4.78 is 0.955. The van der Waals surface area contributed by atoms with E-state index in [0.717, 1.165) is 16.8 Å². The second-order valence-corrected chi connectivity index (χ2v) is 3.34. The van der Waals surface area contributed by atoms with E-state index in [1.165, 1.54) is 13.8 Å². The highest BCUT2D eigenvalue weighted by Gasteiger charge is 2.30. The highest BCUT2D eigenvalue weighted by atomic mass is 16.4. The third kappa shape index (κ3) is 1.59. The monoisotopic (exact) mass is 198 g/mol. The maximum Gasteiger partial charge on any atom is 0.329 e. The minimum atomic E-state index is -1.37. The Morgan fingerprint density at radius 2 is 2.07 bits per heavy atom. The second-order valence-electron chi connectivity index (χ2n) is 3.34. The molecule has 0 radical (unpaired) electrons. The van der Waals surface area contributed by atoms with Gasteiger partial charge in [0.05, 0.1) is 0 Å². The Labute approximate surface area is 78.8 Å². The van der Waals surface area contributed by atoms with E-state index in [-0.39, 0.29) is 0 Å². The Kier molecular flexibility index (Phi) is 2.29. The van der Waals surface area contributed by atoms with E-state index in [4.69, 9.17) is 5.11 Å². The predicted octanol–water partition coefficient (Wildman–Crippen LogP) is -0.644. The van der Waals surface area contributed by atoms with Crippen molar-refractivity contribution in [3.05, 3.63) is 33.1 Å². The Morgan fingerprint density at radius 1 is 1.50 bits per heavy atom. The van der Waals surface area contributed by atoms with E-state index in [1.54, 1.807) is 0 Å². The van der Waals surface area contributed by atoms with Crippen LogP contribution < -0.4 is 11.2 Å². The molecule has 0 unspecified atom stereocenters. The Morgan fingerprint density at radius 3 is 2.50 bits per heavy atom. The summed E-state index contributed by atoms with van der Waals surface area (Å²) in [4.78, 5) is 34.8. The van der Waals surface area contributed by atoms with Gasteiger partial charge in [-0.25, -0.2) is 9.59 Å². The van der Waals surface area contributed by atoms with Crippen molar-refractivity contribution in [2.24, 2.45) is 0 Å². The molecule has 0 fully saturated rings. The molecule has 0 aliphatic rings. The lowest BCUT2D eigenvalue weighted by Crippen LogP contribution is -2.44. The number of H-pyrrole nitrogens is 1. The van der Waals surface area contributed by atoms with Gasteiger partial charge in [0.25, 0.3) is 5.56 Å². The number of carboxylic acid groups (broad SMARTS) is 1. The second kappa shape index (κ2) is 3.13. The topological polar surface area (TPSA) is 92.2 Å². The van der Waals surface area contributed by atoms with Crippen LogP contribution in [0.4, 0.5) is 0 Å². The van der Waals surface area contributed by atoms with Gasteiger partial charge in [0, 0.05) is 12.3 Å². The van der Waals surface area contributed by atoms with Crippen molar-refractivity contribution in [2.45, 2.75) is 19.4 Å². The largest absolute Gasteiger partial charge is 0.480 e. The van der Waals surface area contributed by atoms with Gasteiger partial charge in [0.15, 0.2) is 0 Å². The summed E-state index contributed by atoms with van der Waals surface area (Å²) in [5, 5.41) is 8.84. The van der Waals surface area contributed by atoms with Crippen LogP contribution >= 0.6 is 0 Å². The third-order valence-corrected chi connectivity index (χ3v) is 1.95. The Balaban J connectivity index is 3.41. The van der Waals surface area contributed by atoms with Crippen molar-refractivity contribution in [3.8, 4) is 0 Å². The third-order valence-electron chi connectivity index (χ3n) is 1.95. The fourth-order valence-electron chi connectivity index (χ4n) is 0.960. The van der Waals surface area contributed by atoms with E-state index in [9.17, 15) is 14.4 Å². The molecule has 0 atom stereocenters. The maximum absolute atomic E-state index is 11.2. The fourth-order valence-corrected chi connectivity index (χ4v) is 0.960. The molecule has 0 aliphatic carbocycles. The van der Waals surface area contributed by atoms with Gasteiger partial charge in [-0.15, -0.1) is 0 Å². The first-order chi connectivity index (χ1) is 6.35. The van der Waals surface area contributed by atoms with Crippen molar-refractivity contribution in [2.75, 3.05) is 0 Å². The quantitative estimate of drug-likeness (QED) is 0.660. The minimum Gasteiger partial charge on any atom is -0.480 e. The standard InChI is InChI=1S/C8H10N2O4/c1-8(2,6(12)13)10-4-3-5(11)9-7(10)14/h3-4H,1-2H3,(H,12,13)(H,9,11,14). The number of hydrogen-bond donors (Lipinski definition) is 2. The normalized spacial score (nSPS) is 11.3. The molecule has 14 heavy (non-hydrogen) atoms. The van der Waals surface area contributed by atoms with Gasteiger partial charge >= 0.3 is 11.7 Å². The van der Waals surface area contributed by atoms with E-state index < -0.39 is 22.8 Å². The lowest BCUT2D eigenvalue weighted by Gasteiger charge is -2.21. The summed E-state index contributed by atoms with van der Waals surface area (Å²) in [5.41, 5.74) is -2.65. The van der Waals surface area contributed by atoms with E-state index in [0.29, 0.717) is 0 Å².